The molecule has 9 heteroatoms. The summed E-state index contributed by atoms with van der Waals surface area (Å²) in [6.45, 7) is 2.03. The van der Waals surface area contributed by atoms with Crippen molar-refractivity contribution in [2.45, 2.75) is 44.9 Å². The maximum Gasteiger partial charge on any atom is 0.318 e. The molecule has 0 saturated heterocycles. The molecule has 1 aromatic heterocycles. The molecule has 170 valence electrons. The van der Waals surface area contributed by atoms with E-state index in [-0.39, 0.29) is 47.4 Å². The summed E-state index contributed by atoms with van der Waals surface area (Å²) in [5, 5.41) is 9.23. The fraction of sp³-hybridized carbons (Fsp3) is 0.478. The second-order valence-corrected chi connectivity index (χ2v) is 8.57. The number of methoxy groups -OCH3 is 1. The highest BCUT2D eigenvalue weighted by atomic mass is 19.1. The van der Waals surface area contributed by atoms with Crippen LogP contribution in [-0.2, 0) is 11.2 Å². The number of hydrogen-bond donors (Lipinski definition) is 2. The van der Waals surface area contributed by atoms with Crippen molar-refractivity contribution >= 4 is 23.4 Å². The minimum absolute atomic E-state index is 0.0194. The predicted octanol–water partition coefficient (Wildman–Crippen LogP) is 3.40. The molecule has 1 aliphatic heterocycles. The summed E-state index contributed by atoms with van der Waals surface area (Å²) < 4.78 is 20.1. The zero-order valence-electron chi connectivity index (χ0n) is 18.2. The van der Waals surface area contributed by atoms with Gasteiger partial charge in [0.1, 0.15) is 17.2 Å². The van der Waals surface area contributed by atoms with Crippen LogP contribution in [0.15, 0.2) is 18.2 Å². The fourth-order valence-corrected chi connectivity index (χ4v) is 4.84. The average Bonchev–Trinajstić information content (AvgIpc) is 2.78. The van der Waals surface area contributed by atoms with Gasteiger partial charge in [-0.15, -0.1) is 0 Å². The molecule has 1 atom stereocenters. The van der Waals surface area contributed by atoms with Crippen LogP contribution in [0.3, 0.4) is 0 Å². The first-order valence-electron chi connectivity index (χ1n) is 10.8. The zero-order valence-corrected chi connectivity index (χ0v) is 18.2. The molecule has 2 aliphatic rings. The summed E-state index contributed by atoms with van der Waals surface area (Å²) in [6.07, 6.45) is 3.69. The van der Waals surface area contributed by atoms with Gasteiger partial charge in [-0.1, -0.05) is 13.0 Å². The molecule has 8 nitrogen and oxygen atoms in total. The van der Waals surface area contributed by atoms with Crippen LogP contribution in [0.2, 0.25) is 0 Å². The van der Waals surface area contributed by atoms with Crippen LogP contribution < -0.4 is 15.4 Å². The smallest absolute Gasteiger partial charge is 0.318 e. The number of aromatic nitrogens is 2. The minimum atomic E-state index is -0.763. The van der Waals surface area contributed by atoms with Gasteiger partial charge >= 0.3 is 12.0 Å². The van der Waals surface area contributed by atoms with E-state index in [1.807, 2.05) is 6.07 Å². The van der Waals surface area contributed by atoms with Crippen molar-refractivity contribution in [3.63, 3.8) is 0 Å². The molecule has 1 aromatic carbocycles. The minimum Gasteiger partial charge on any atom is -0.481 e. The van der Waals surface area contributed by atoms with Gasteiger partial charge in [-0.05, 0) is 55.2 Å². The van der Waals surface area contributed by atoms with Crippen LogP contribution in [0.1, 0.15) is 60.1 Å². The molecule has 3 N–H and O–H groups in total. The SMILES string of the molecule is COc1nc(N)c2c(n1)CCN(c1ccc(C3CCC(C(C)C(=O)O)CC3)cc1F)C2=O. The molecule has 2 heterocycles. The summed E-state index contributed by atoms with van der Waals surface area (Å²) in [6, 6.07) is 5.10. The molecule has 32 heavy (non-hydrogen) atoms. The summed E-state index contributed by atoms with van der Waals surface area (Å²) in [4.78, 5) is 33.8. The number of carboxylic acid groups (broad SMARTS) is 1. The van der Waals surface area contributed by atoms with E-state index in [1.54, 1.807) is 13.0 Å². The number of nitrogen functional groups attached to an aromatic ring is 1. The number of nitrogens with zero attached hydrogens (tertiary/aromatic N) is 3. The van der Waals surface area contributed by atoms with Gasteiger partial charge in [0.2, 0.25) is 0 Å². The van der Waals surface area contributed by atoms with E-state index in [0.29, 0.717) is 12.1 Å². The Morgan fingerprint density at radius 3 is 2.62 bits per heavy atom. The molecule has 1 amide bonds. The zero-order chi connectivity index (χ0) is 23.0. The molecule has 0 bridgehead atoms. The normalized spacial score (nSPS) is 21.7. The van der Waals surface area contributed by atoms with Gasteiger partial charge in [0.15, 0.2) is 0 Å². The number of fused-ring (bicyclic) bond motifs is 1. The number of hydrogen-bond acceptors (Lipinski definition) is 6. The van der Waals surface area contributed by atoms with Crippen molar-refractivity contribution in [3.05, 3.63) is 40.8 Å². The molecule has 2 aromatic rings. The number of carboxylic acids is 1. The van der Waals surface area contributed by atoms with E-state index in [2.05, 4.69) is 9.97 Å². The topological polar surface area (TPSA) is 119 Å². The van der Waals surface area contributed by atoms with Crippen molar-refractivity contribution in [3.8, 4) is 6.01 Å². The number of aliphatic carboxylic acids is 1. The molecule has 0 spiro atoms. The van der Waals surface area contributed by atoms with E-state index >= 15 is 4.39 Å². The maximum absolute atomic E-state index is 15.1. The molecule has 1 aliphatic carbocycles. The molecule has 4 rings (SSSR count). The Morgan fingerprint density at radius 2 is 2.00 bits per heavy atom. The average molecular weight is 442 g/mol. The first-order valence-corrected chi connectivity index (χ1v) is 10.8. The first-order chi connectivity index (χ1) is 15.3. The van der Waals surface area contributed by atoms with Gasteiger partial charge in [-0.25, -0.2) is 4.39 Å². The van der Waals surface area contributed by atoms with Gasteiger partial charge in [-0.2, -0.15) is 9.97 Å². The lowest BCUT2D eigenvalue weighted by Gasteiger charge is -2.32. The van der Waals surface area contributed by atoms with Gasteiger partial charge in [0, 0.05) is 13.0 Å². The highest BCUT2D eigenvalue weighted by Crippen LogP contribution is 2.40. The monoisotopic (exact) mass is 442 g/mol. The van der Waals surface area contributed by atoms with Crippen LogP contribution in [0.5, 0.6) is 6.01 Å². The Labute approximate surface area is 185 Å². The van der Waals surface area contributed by atoms with E-state index in [9.17, 15) is 14.7 Å². The number of carbonyl (C=O) groups excluding carboxylic acids is 1. The number of anilines is 2. The van der Waals surface area contributed by atoms with Gasteiger partial charge in [-0.3, -0.25) is 9.59 Å². The lowest BCUT2D eigenvalue weighted by molar-refractivity contribution is -0.143. The summed E-state index contributed by atoms with van der Waals surface area (Å²) in [7, 11) is 1.42. The second-order valence-electron chi connectivity index (χ2n) is 8.57. The van der Waals surface area contributed by atoms with Crippen LogP contribution >= 0.6 is 0 Å². The molecule has 0 radical (unpaired) electrons. The van der Waals surface area contributed by atoms with Crippen molar-refractivity contribution < 1.29 is 23.8 Å². The number of carbonyl (C=O) groups is 2. The van der Waals surface area contributed by atoms with Crippen LogP contribution in [0.4, 0.5) is 15.9 Å². The number of ether oxygens (including phenoxy) is 1. The standard InChI is InChI=1S/C23H27FN4O4/c1-12(22(30)31)13-3-5-14(6-4-13)15-7-8-18(16(24)11-15)28-10-9-17-19(21(28)29)20(25)27-23(26-17)32-2/h7-8,11-14H,3-6,9-10H2,1-2H3,(H,30,31)(H2,25,26,27). The Hall–Kier alpha value is -3.23. The van der Waals surface area contributed by atoms with Gasteiger partial charge < -0.3 is 20.5 Å². The number of nitrogens with two attached hydrogens (primary N) is 1. The van der Waals surface area contributed by atoms with Crippen molar-refractivity contribution in [1.29, 1.82) is 0 Å². The third kappa shape index (κ3) is 3.99. The Bertz CT molecular complexity index is 1050. The number of halogens is 1. The molecule has 1 fully saturated rings. The van der Waals surface area contributed by atoms with E-state index < -0.39 is 17.7 Å². The largest absolute Gasteiger partial charge is 0.481 e. The highest BCUT2D eigenvalue weighted by Gasteiger charge is 2.33. The lowest BCUT2D eigenvalue weighted by Crippen LogP contribution is -2.39. The summed E-state index contributed by atoms with van der Waals surface area (Å²) in [5.41, 5.74) is 7.72. The highest BCUT2D eigenvalue weighted by molar-refractivity contribution is 6.10. The molecular weight excluding hydrogens is 415 g/mol. The first kappa shape index (κ1) is 22.0. The quantitative estimate of drug-likeness (QED) is 0.728. The predicted molar refractivity (Wildman–Crippen MR) is 116 cm³/mol. The Balaban J connectivity index is 1.51. The van der Waals surface area contributed by atoms with Crippen LogP contribution in [0, 0.1) is 17.7 Å². The Morgan fingerprint density at radius 1 is 1.28 bits per heavy atom. The lowest BCUT2D eigenvalue weighted by atomic mass is 9.74. The fourth-order valence-electron chi connectivity index (χ4n) is 4.84. The Kier molecular flexibility index (Phi) is 5.99. The van der Waals surface area contributed by atoms with Crippen LogP contribution in [-0.4, -0.2) is 40.6 Å². The maximum atomic E-state index is 15.1. The molecule has 1 unspecified atom stereocenters. The van der Waals surface area contributed by atoms with Crippen molar-refractivity contribution in [2.75, 3.05) is 24.3 Å². The summed E-state index contributed by atoms with van der Waals surface area (Å²) >= 11 is 0. The van der Waals surface area contributed by atoms with Crippen molar-refractivity contribution in [1.82, 2.24) is 9.97 Å². The molecule has 1 saturated carbocycles. The van der Waals surface area contributed by atoms with E-state index in [4.69, 9.17) is 10.5 Å². The van der Waals surface area contributed by atoms with Gasteiger partial charge in [0.05, 0.1) is 24.4 Å². The third-order valence-corrected chi connectivity index (χ3v) is 6.81. The van der Waals surface area contributed by atoms with E-state index in [0.717, 1.165) is 31.2 Å². The van der Waals surface area contributed by atoms with Crippen molar-refractivity contribution in [2.24, 2.45) is 11.8 Å². The third-order valence-electron chi connectivity index (χ3n) is 6.81. The second kappa shape index (κ2) is 8.72. The van der Waals surface area contributed by atoms with Gasteiger partial charge in [0.25, 0.3) is 5.91 Å². The number of amides is 1. The number of rotatable bonds is 5. The molecular formula is C23H27FN4O4. The van der Waals surface area contributed by atoms with E-state index in [1.165, 1.54) is 18.1 Å². The number of benzene rings is 1. The van der Waals surface area contributed by atoms with Crippen LogP contribution in [0.25, 0.3) is 0 Å². The summed E-state index contributed by atoms with van der Waals surface area (Å²) in [5.74, 6) is -1.66.